The van der Waals surface area contributed by atoms with Crippen LogP contribution < -0.4 is 0 Å². The van der Waals surface area contributed by atoms with Crippen molar-refractivity contribution in [3.63, 3.8) is 0 Å². The molecule has 4 heteroatoms. The van der Waals surface area contributed by atoms with Crippen LogP contribution in [-0.4, -0.2) is 60.2 Å². The average Bonchev–Trinajstić information content (AvgIpc) is 2.42. The molecule has 0 aromatic rings. The van der Waals surface area contributed by atoms with Gasteiger partial charge in [0.1, 0.15) is 0 Å². The van der Waals surface area contributed by atoms with Crippen LogP contribution in [0.5, 0.6) is 0 Å². The molecule has 0 radical (unpaired) electrons. The number of hydrogen-bond acceptors (Lipinski definition) is 4. The van der Waals surface area contributed by atoms with Crippen molar-refractivity contribution in [3.05, 3.63) is 0 Å². The standard InChI is InChI=1S/C19H39NO3/c1-16(2)22-14-7-11-20-12-8-17(9-13-20)19(5,6)23-15-10-18(3,4)21/h16-17,21H,7-15H2,1-6H3. The van der Waals surface area contributed by atoms with Crippen molar-refractivity contribution in [1.29, 1.82) is 0 Å². The van der Waals surface area contributed by atoms with E-state index in [1.54, 1.807) is 0 Å². The molecule has 0 saturated carbocycles. The molecule has 0 amide bonds. The fourth-order valence-electron chi connectivity index (χ4n) is 3.14. The molecule has 0 unspecified atom stereocenters. The van der Waals surface area contributed by atoms with E-state index in [0.717, 1.165) is 32.7 Å². The van der Waals surface area contributed by atoms with Crippen molar-refractivity contribution < 1.29 is 14.6 Å². The van der Waals surface area contributed by atoms with Crippen LogP contribution in [-0.2, 0) is 9.47 Å². The SMILES string of the molecule is CC(C)OCCCN1CCC(C(C)(C)OCCC(C)(C)O)CC1. The zero-order valence-electron chi connectivity index (χ0n) is 16.2. The van der Waals surface area contributed by atoms with Crippen molar-refractivity contribution in [1.82, 2.24) is 4.90 Å². The molecular weight excluding hydrogens is 290 g/mol. The Hall–Kier alpha value is -0.160. The van der Waals surface area contributed by atoms with Crippen LogP contribution in [0.4, 0.5) is 0 Å². The molecule has 0 bridgehead atoms. The Kier molecular flexibility index (Phi) is 8.50. The predicted octanol–water partition coefficient (Wildman–Crippen LogP) is 3.47. The number of hydrogen-bond donors (Lipinski definition) is 1. The number of aliphatic hydroxyl groups is 1. The lowest BCUT2D eigenvalue weighted by molar-refractivity contribution is -0.0910. The van der Waals surface area contributed by atoms with E-state index in [-0.39, 0.29) is 5.60 Å². The van der Waals surface area contributed by atoms with Crippen LogP contribution in [0.2, 0.25) is 0 Å². The largest absolute Gasteiger partial charge is 0.390 e. The summed E-state index contributed by atoms with van der Waals surface area (Å²) >= 11 is 0. The van der Waals surface area contributed by atoms with E-state index in [1.165, 1.54) is 12.8 Å². The Labute approximate surface area is 143 Å². The second-order valence-corrected chi connectivity index (χ2v) is 8.40. The first-order chi connectivity index (χ1) is 10.6. The van der Waals surface area contributed by atoms with Gasteiger partial charge in [-0.1, -0.05) is 0 Å². The molecule has 1 fully saturated rings. The highest BCUT2D eigenvalue weighted by molar-refractivity contribution is 4.85. The summed E-state index contributed by atoms with van der Waals surface area (Å²) < 4.78 is 11.7. The van der Waals surface area contributed by atoms with Crippen LogP contribution >= 0.6 is 0 Å². The quantitative estimate of drug-likeness (QED) is 0.623. The van der Waals surface area contributed by atoms with Gasteiger partial charge in [-0.05, 0) is 86.2 Å². The molecular formula is C19H39NO3. The molecule has 1 saturated heterocycles. The third-order valence-electron chi connectivity index (χ3n) is 4.83. The summed E-state index contributed by atoms with van der Waals surface area (Å²) in [4.78, 5) is 2.55. The maximum Gasteiger partial charge on any atom is 0.0655 e. The van der Waals surface area contributed by atoms with Crippen LogP contribution in [0.15, 0.2) is 0 Å². The average molecular weight is 330 g/mol. The summed E-state index contributed by atoms with van der Waals surface area (Å²) in [5, 5.41) is 9.80. The molecule has 1 N–H and O–H groups in total. The fraction of sp³-hybridized carbons (Fsp3) is 1.00. The normalized spacial score (nSPS) is 18.8. The lowest BCUT2D eigenvalue weighted by Gasteiger charge is -2.41. The molecule has 23 heavy (non-hydrogen) atoms. The zero-order valence-corrected chi connectivity index (χ0v) is 16.2. The zero-order chi connectivity index (χ0) is 17.5. The molecule has 4 nitrogen and oxygen atoms in total. The molecule has 0 aliphatic carbocycles. The van der Waals surface area contributed by atoms with Crippen molar-refractivity contribution in [2.45, 2.75) is 84.5 Å². The minimum atomic E-state index is -0.641. The molecule has 1 aliphatic rings. The van der Waals surface area contributed by atoms with Gasteiger partial charge in [0, 0.05) is 13.2 Å². The smallest absolute Gasteiger partial charge is 0.0655 e. The number of piperidine rings is 1. The Morgan fingerprint density at radius 1 is 1.09 bits per heavy atom. The Morgan fingerprint density at radius 2 is 1.70 bits per heavy atom. The summed E-state index contributed by atoms with van der Waals surface area (Å²) in [6.07, 6.45) is 4.53. The van der Waals surface area contributed by atoms with Gasteiger partial charge in [0.15, 0.2) is 0 Å². The van der Waals surface area contributed by atoms with E-state index < -0.39 is 5.60 Å². The van der Waals surface area contributed by atoms with Crippen LogP contribution in [0, 0.1) is 5.92 Å². The van der Waals surface area contributed by atoms with Crippen molar-refractivity contribution in [3.8, 4) is 0 Å². The summed E-state index contributed by atoms with van der Waals surface area (Å²) in [5.74, 6) is 0.604. The first-order valence-electron chi connectivity index (χ1n) is 9.30. The third-order valence-corrected chi connectivity index (χ3v) is 4.83. The number of ether oxygens (including phenoxy) is 2. The number of likely N-dealkylation sites (tertiary alicyclic amines) is 1. The lowest BCUT2D eigenvalue weighted by Crippen LogP contribution is -2.44. The molecule has 0 aromatic heterocycles. The van der Waals surface area contributed by atoms with Crippen molar-refractivity contribution in [2.75, 3.05) is 32.8 Å². The van der Waals surface area contributed by atoms with E-state index in [2.05, 4.69) is 32.6 Å². The minimum absolute atomic E-state index is 0.0991. The third kappa shape index (κ3) is 9.04. The predicted molar refractivity (Wildman–Crippen MR) is 95.8 cm³/mol. The Morgan fingerprint density at radius 3 is 2.22 bits per heavy atom. The van der Waals surface area contributed by atoms with Crippen LogP contribution in [0.1, 0.15) is 67.2 Å². The van der Waals surface area contributed by atoms with Crippen LogP contribution in [0.25, 0.3) is 0 Å². The van der Waals surface area contributed by atoms with Gasteiger partial charge in [0.05, 0.1) is 23.9 Å². The first kappa shape index (κ1) is 20.9. The Bertz CT molecular complexity index is 315. The summed E-state index contributed by atoms with van der Waals surface area (Å²) in [6.45, 7) is 17.2. The van der Waals surface area contributed by atoms with Crippen LogP contribution in [0.3, 0.4) is 0 Å². The van der Waals surface area contributed by atoms with Crippen molar-refractivity contribution >= 4 is 0 Å². The Balaban J connectivity index is 2.23. The molecule has 138 valence electrons. The first-order valence-corrected chi connectivity index (χ1v) is 9.30. The molecule has 0 aromatic carbocycles. The molecule has 1 heterocycles. The molecule has 1 aliphatic heterocycles. The summed E-state index contributed by atoms with van der Waals surface area (Å²) in [5.41, 5.74) is -0.740. The van der Waals surface area contributed by atoms with Gasteiger partial charge in [0.25, 0.3) is 0 Å². The highest BCUT2D eigenvalue weighted by atomic mass is 16.5. The van der Waals surface area contributed by atoms with E-state index in [4.69, 9.17) is 9.47 Å². The second kappa shape index (κ2) is 9.36. The van der Waals surface area contributed by atoms with Crippen molar-refractivity contribution in [2.24, 2.45) is 5.92 Å². The van der Waals surface area contributed by atoms with Gasteiger partial charge in [0.2, 0.25) is 0 Å². The van der Waals surface area contributed by atoms with Gasteiger partial charge in [-0.15, -0.1) is 0 Å². The molecule has 0 spiro atoms. The molecule has 1 rings (SSSR count). The topological polar surface area (TPSA) is 41.9 Å². The highest BCUT2D eigenvalue weighted by Gasteiger charge is 2.33. The fourth-order valence-corrected chi connectivity index (χ4v) is 3.14. The van der Waals surface area contributed by atoms with E-state index in [0.29, 0.717) is 25.0 Å². The summed E-state index contributed by atoms with van der Waals surface area (Å²) in [7, 11) is 0. The van der Waals surface area contributed by atoms with Gasteiger partial charge in [-0.25, -0.2) is 0 Å². The van der Waals surface area contributed by atoms with Gasteiger partial charge >= 0.3 is 0 Å². The van der Waals surface area contributed by atoms with E-state index in [9.17, 15) is 5.11 Å². The van der Waals surface area contributed by atoms with Gasteiger partial charge in [-0.3, -0.25) is 0 Å². The second-order valence-electron chi connectivity index (χ2n) is 8.40. The number of nitrogens with zero attached hydrogens (tertiary/aromatic N) is 1. The van der Waals surface area contributed by atoms with E-state index in [1.807, 2.05) is 13.8 Å². The molecule has 0 atom stereocenters. The van der Waals surface area contributed by atoms with Gasteiger partial charge in [-0.2, -0.15) is 0 Å². The minimum Gasteiger partial charge on any atom is -0.390 e. The summed E-state index contributed by atoms with van der Waals surface area (Å²) in [6, 6.07) is 0. The lowest BCUT2D eigenvalue weighted by atomic mass is 9.82. The van der Waals surface area contributed by atoms with Gasteiger partial charge < -0.3 is 19.5 Å². The maximum absolute atomic E-state index is 9.80. The highest BCUT2D eigenvalue weighted by Crippen LogP contribution is 2.31. The van der Waals surface area contributed by atoms with E-state index >= 15 is 0 Å². The number of rotatable bonds is 10. The monoisotopic (exact) mass is 329 g/mol. The maximum atomic E-state index is 9.80.